The van der Waals surface area contributed by atoms with E-state index in [0.29, 0.717) is 0 Å². The molecule has 1 fully saturated rings. The number of nitrogens with zero attached hydrogens (tertiary/aromatic N) is 2. The van der Waals surface area contributed by atoms with Crippen molar-refractivity contribution in [2.24, 2.45) is 0 Å². The molecule has 0 bridgehead atoms. The van der Waals surface area contributed by atoms with Crippen molar-refractivity contribution < 1.29 is 4.79 Å². The Morgan fingerprint density at radius 2 is 1.96 bits per heavy atom. The number of carbonyl (C=O) groups excluding carboxylic acids is 1. The van der Waals surface area contributed by atoms with E-state index in [1.54, 1.807) is 0 Å². The molecule has 1 saturated heterocycles. The van der Waals surface area contributed by atoms with Crippen LogP contribution >= 0.6 is 0 Å². The third kappa shape index (κ3) is 4.20. The van der Waals surface area contributed by atoms with E-state index in [1.807, 2.05) is 18.2 Å². The summed E-state index contributed by atoms with van der Waals surface area (Å²) in [7, 11) is 0. The maximum Gasteiger partial charge on any atom is 0.265 e. The fourth-order valence-corrected chi connectivity index (χ4v) is 2.93. The van der Waals surface area contributed by atoms with Crippen LogP contribution in [0.3, 0.4) is 0 Å². The van der Waals surface area contributed by atoms with Gasteiger partial charge in [0.1, 0.15) is 6.54 Å². The van der Waals surface area contributed by atoms with E-state index in [2.05, 4.69) is 27.4 Å². The third-order valence-corrected chi connectivity index (χ3v) is 4.08. The number of nitrogens with one attached hydrogen (secondary N) is 2. The minimum absolute atomic E-state index is 0.0624. The molecule has 7 heteroatoms. The van der Waals surface area contributed by atoms with Crippen LogP contribution in [0.2, 0.25) is 0 Å². The average molecular weight is 328 g/mol. The molecule has 0 saturated carbocycles. The van der Waals surface area contributed by atoms with E-state index in [9.17, 15) is 14.4 Å². The van der Waals surface area contributed by atoms with E-state index in [-0.39, 0.29) is 18.5 Å². The van der Waals surface area contributed by atoms with Crippen molar-refractivity contribution in [3.63, 3.8) is 0 Å². The Hall–Kier alpha value is -2.67. The van der Waals surface area contributed by atoms with Crippen molar-refractivity contribution in [1.29, 1.82) is 0 Å². The molecule has 126 valence electrons. The number of H-pyrrole nitrogens is 1. The van der Waals surface area contributed by atoms with Crippen LogP contribution in [0.15, 0.2) is 52.1 Å². The zero-order chi connectivity index (χ0) is 16.9. The number of hydrogen-bond acceptors (Lipinski definition) is 4. The number of carbonyl (C=O) groups is 1. The Kier molecular flexibility index (Phi) is 4.90. The highest BCUT2D eigenvalue weighted by atomic mass is 16.2. The lowest BCUT2D eigenvalue weighted by atomic mass is 10.2. The molecule has 0 spiro atoms. The van der Waals surface area contributed by atoms with Gasteiger partial charge in [0.2, 0.25) is 5.91 Å². The molecular formula is C17H20N4O3. The Balaban J connectivity index is 1.52. The number of hydrogen-bond donors (Lipinski definition) is 2. The van der Waals surface area contributed by atoms with E-state index in [0.717, 1.165) is 42.9 Å². The van der Waals surface area contributed by atoms with Crippen LogP contribution in [-0.2, 0) is 17.9 Å². The fourth-order valence-electron chi connectivity index (χ4n) is 2.93. The van der Waals surface area contributed by atoms with E-state index < -0.39 is 11.1 Å². The summed E-state index contributed by atoms with van der Waals surface area (Å²) in [6, 6.07) is 12.6. The van der Waals surface area contributed by atoms with E-state index >= 15 is 0 Å². The second-order valence-electron chi connectivity index (χ2n) is 6.01. The molecular weight excluding hydrogens is 308 g/mol. The molecule has 3 rings (SSSR count). The summed E-state index contributed by atoms with van der Waals surface area (Å²) < 4.78 is 1.02. The van der Waals surface area contributed by atoms with Crippen LogP contribution in [0, 0.1) is 0 Å². The normalized spacial score (nSPS) is 17.8. The highest BCUT2D eigenvalue weighted by Gasteiger charge is 2.23. The minimum atomic E-state index is -0.405. The first-order valence-electron chi connectivity index (χ1n) is 7.96. The summed E-state index contributed by atoms with van der Waals surface area (Å²) in [5, 5.41) is 5.28. The second kappa shape index (κ2) is 7.27. The van der Waals surface area contributed by atoms with Gasteiger partial charge in [-0.2, -0.15) is 0 Å². The van der Waals surface area contributed by atoms with Crippen molar-refractivity contribution in [3.05, 3.63) is 68.7 Å². The fraction of sp³-hybridized carbons (Fsp3) is 0.353. The van der Waals surface area contributed by atoms with Crippen molar-refractivity contribution in [2.75, 3.05) is 13.1 Å². The lowest BCUT2D eigenvalue weighted by Gasteiger charge is -2.17. The van der Waals surface area contributed by atoms with Crippen LogP contribution in [0.4, 0.5) is 0 Å². The molecule has 2 aromatic rings. The van der Waals surface area contributed by atoms with Crippen molar-refractivity contribution in [2.45, 2.75) is 25.6 Å². The number of likely N-dealkylation sites (tertiary alicyclic amines) is 1. The predicted octanol–water partition coefficient (Wildman–Crippen LogP) is -0.0727. The molecule has 24 heavy (non-hydrogen) atoms. The van der Waals surface area contributed by atoms with Gasteiger partial charge in [-0.05, 0) is 12.0 Å². The van der Waals surface area contributed by atoms with Gasteiger partial charge in [0, 0.05) is 37.8 Å². The summed E-state index contributed by atoms with van der Waals surface area (Å²) in [6.07, 6.45) is 0.874. The van der Waals surface area contributed by atoms with Gasteiger partial charge in [-0.15, -0.1) is 0 Å². The van der Waals surface area contributed by atoms with Gasteiger partial charge >= 0.3 is 0 Å². The summed E-state index contributed by atoms with van der Waals surface area (Å²) in [5.41, 5.74) is 0.442. The van der Waals surface area contributed by atoms with Crippen LogP contribution in [0.5, 0.6) is 0 Å². The SMILES string of the molecule is O=C(Cn1[nH]c(=O)ccc1=O)N[C@H]1CCN(Cc2ccccc2)C1. The lowest BCUT2D eigenvalue weighted by Crippen LogP contribution is -2.41. The molecule has 1 aromatic carbocycles. The van der Waals surface area contributed by atoms with Gasteiger partial charge in [-0.25, -0.2) is 4.68 Å². The number of aromatic amines is 1. The Morgan fingerprint density at radius 1 is 1.17 bits per heavy atom. The first-order chi connectivity index (χ1) is 11.6. The van der Waals surface area contributed by atoms with Gasteiger partial charge in [0.25, 0.3) is 11.1 Å². The molecule has 1 amide bonds. The Bertz CT molecular complexity index is 812. The van der Waals surface area contributed by atoms with Gasteiger partial charge < -0.3 is 5.32 Å². The van der Waals surface area contributed by atoms with Crippen LogP contribution < -0.4 is 16.4 Å². The molecule has 0 aliphatic carbocycles. The second-order valence-corrected chi connectivity index (χ2v) is 6.01. The number of rotatable bonds is 5. The summed E-state index contributed by atoms with van der Waals surface area (Å²) >= 11 is 0. The van der Waals surface area contributed by atoms with Crippen LogP contribution in [0.1, 0.15) is 12.0 Å². The molecule has 1 aliphatic rings. The maximum absolute atomic E-state index is 12.1. The number of benzene rings is 1. The smallest absolute Gasteiger partial charge is 0.265 e. The van der Waals surface area contributed by atoms with Crippen molar-refractivity contribution in [1.82, 2.24) is 20.0 Å². The molecule has 0 radical (unpaired) electrons. The zero-order valence-corrected chi connectivity index (χ0v) is 13.3. The van der Waals surface area contributed by atoms with Crippen molar-refractivity contribution >= 4 is 5.91 Å². The van der Waals surface area contributed by atoms with Crippen LogP contribution in [0.25, 0.3) is 0 Å². The molecule has 0 unspecified atom stereocenters. The lowest BCUT2D eigenvalue weighted by molar-refractivity contribution is -0.122. The highest BCUT2D eigenvalue weighted by Crippen LogP contribution is 2.13. The number of amides is 1. The van der Waals surface area contributed by atoms with Gasteiger partial charge in [0.15, 0.2) is 0 Å². The zero-order valence-electron chi connectivity index (χ0n) is 13.3. The Morgan fingerprint density at radius 3 is 2.75 bits per heavy atom. The summed E-state index contributed by atoms with van der Waals surface area (Å²) in [6.45, 7) is 2.38. The van der Waals surface area contributed by atoms with Crippen molar-refractivity contribution in [3.8, 4) is 0 Å². The number of aromatic nitrogens is 2. The first-order valence-corrected chi connectivity index (χ1v) is 7.96. The standard InChI is InChI=1S/C17H20N4O3/c22-15-6-7-17(24)21(19-15)12-16(23)18-14-8-9-20(11-14)10-13-4-2-1-3-5-13/h1-7,14H,8-12H2,(H,18,23)(H,19,22)/t14-/m0/s1. The molecule has 1 aromatic heterocycles. The van der Waals surface area contributed by atoms with Gasteiger partial charge in [-0.1, -0.05) is 30.3 Å². The van der Waals surface area contributed by atoms with Gasteiger partial charge in [0.05, 0.1) is 0 Å². The molecule has 1 atom stereocenters. The highest BCUT2D eigenvalue weighted by molar-refractivity contribution is 5.76. The summed E-state index contributed by atoms with van der Waals surface area (Å²) in [5.74, 6) is -0.273. The molecule has 7 nitrogen and oxygen atoms in total. The molecule has 2 N–H and O–H groups in total. The Labute approximate surface area is 138 Å². The quantitative estimate of drug-likeness (QED) is 0.804. The summed E-state index contributed by atoms with van der Waals surface area (Å²) in [4.78, 5) is 37.2. The molecule has 1 aliphatic heterocycles. The maximum atomic E-state index is 12.1. The monoisotopic (exact) mass is 328 g/mol. The molecule has 2 heterocycles. The third-order valence-electron chi connectivity index (χ3n) is 4.08. The minimum Gasteiger partial charge on any atom is -0.350 e. The van der Waals surface area contributed by atoms with Crippen LogP contribution in [-0.4, -0.2) is 39.7 Å². The topological polar surface area (TPSA) is 87.2 Å². The van der Waals surface area contributed by atoms with E-state index in [1.165, 1.54) is 5.56 Å². The first kappa shape index (κ1) is 16.2. The van der Waals surface area contributed by atoms with E-state index in [4.69, 9.17) is 0 Å². The largest absolute Gasteiger partial charge is 0.350 e. The van der Waals surface area contributed by atoms with Gasteiger partial charge in [-0.3, -0.25) is 24.4 Å². The predicted molar refractivity (Wildman–Crippen MR) is 89.6 cm³/mol. The average Bonchev–Trinajstić information content (AvgIpc) is 2.98.